The van der Waals surface area contributed by atoms with Gasteiger partial charge in [-0.25, -0.2) is 0 Å². The van der Waals surface area contributed by atoms with Crippen LogP contribution in [0.15, 0.2) is 73.2 Å². The highest BCUT2D eigenvalue weighted by atomic mass is 32.1. The van der Waals surface area contributed by atoms with Crippen LogP contribution in [0.5, 0.6) is 0 Å². The lowest BCUT2D eigenvalue weighted by molar-refractivity contribution is 0.768. The van der Waals surface area contributed by atoms with Gasteiger partial charge in [-0.15, -0.1) is 21.5 Å². The van der Waals surface area contributed by atoms with Crippen molar-refractivity contribution in [2.45, 2.75) is 0 Å². The maximum Gasteiger partial charge on any atom is 0.111 e. The lowest BCUT2D eigenvalue weighted by Gasteiger charge is -2.07. The molecule has 0 unspecified atom stereocenters. The third kappa shape index (κ3) is 2.80. The molecule has 0 aliphatic heterocycles. The van der Waals surface area contributed by atoms with Crippen molar-refractivity contribution >= 4 is 22.1 Å². The van der Waals surface area contributed by atoms with Gasteiger partial charge in [0.15, 0.2) is 0 Å². The minimum Gasteiger partial charge on any atom is -0.275 e. The zero-order valence-corrected chi connectivity index (χ0v) is 15.4. The molecule has 0 radical (unpaired) electrons. The van der Waals surface area contributed by atoms with Crippen LogP contribution >= 0.6 is 11.3 Å². The molecular weight excluding hydrogens is 354 g/mol. The molecule has 5 rings (SSSR count). The van der Waals surface area contributed by atoms with E-state index < -0.39 is 0 Å². The van der Waals surface area contributed by atoms with E-state index in [1.165, 1.54) is 0 Å². The number of aryl methyl sites for hydroxylation is 1. The van der Waals surface area contributed by atoms with Crippen LogP contribution in [0.4, 0.5) is 0 Å². The third-order valence-corrected chi connectivity index (χ3v) is 5.54. The lowest BCUT2D eigenvalue weighted by atomic mass is 10.0. The summed E-state index contributed by atoms with van der Waals surface area (Å²) in [6, 6.07) is 18.4. The summed E-state index contributed by atoms with van der Waals surface area (Å²) in [5, 5.41) is 15.5. The van der Waals surface area contributed by atoms with E-state index in [0.29, 0.717) is 0 Å². The van der Waals surface area contributed by atoms with Crippen molar-refractivity contribution in [3.8, 4) is 32.4 Å². The van der Waals surface area contributed by atoms with Crippen LogP contribution in [0.1, 0.15) is 0 Å². The highest BCUT2D eigenvalue weighted by molar-refractivity contribution is 7.18. The molecule has 0 amide bonds. The summed E-state index contributed by atoms with van der Waals surface area (Å²) in [6.45, 7) is 0. The molecule has 5 nitrogen and oxygen atoms in total. The largest absolute Gasteiger partial charge is 0.275 e. The predicted octanol–water partition coefficient (Wildman–Crippen LogP) is 4.82. The summed E-state index contributed by atoms with van der Waals surface area (Å²) in [4.78, 5) is 6.64. The Kier molecular flexibility index (Phi) is 3.76. The van der Waals surface area contributed by atoms with Crippen molar-refractivity contribution in [1.82, 2.24) is 25.0 Å². The Morgan fingerprint density at radius 2 is 1.56 bits per heavy atom. The van der Waals surface area contributed by atoms with Crippen LogP contribution < -0.4 is 0 Å². The molecule has 6 heteroatoms. The van der Waals surface area contributed by atoms with E-state index in [2.05, 4.69) is 44.5 Å². The number of fused-ring (bicyclic) bond motifs is 1. The minimum absolute atomic E-state index is 0.851. The highest BCUT2D eigenvalue weighted by Gasteiger charge is 2.15. The van der Waals surface area contributed by atoms with Crippen molar-refractivity contribution in [2.75, 3.05) is 0 Å². The van der Waals surface area contributed by atoms with Crippen molar-refractivity contribution in [3.05, 3.63) is 73.2 Å². The summed E-state index contributed by atoms with van der Waals surface area (Å²) in [5.41, 5.74) is 3.68. The smallest absolute Gasteiger partial charge is 0.111 e. The van der Waals surface area contributed by atoms with Gasteiger partial charge in [-0.2, -0.15) is 5.10 Å². The van der Waals surface area contributed by atoms with Gasteiger partial charge in [-0.05, 0) is 24.3 Å². The second kappa shape index (κ2) is 6.41. The molecule has 4 heterocycles. The number of nitrogens with zero attached hydrogens (tertiary/aromatic N) is 5. The van der Waals surface area contributed by atoms with E-state index in [0.717, 1.165) is 43.2 Å². The van der Waals surface area contributed by atoms with Crippen LogP contribution in [-0.2, 0) is 7.05 Å². The van der Waals surface area contributed by atoms with E-state index in [4.69, 9.17) is 0 Å². The van der Waals surface area contributed by atoms with E-state index >= 15 is 0 Å². The Labute approximate surface area is 160 Å². The normalized spacial score (nSPS) is 11.1. The Morgan fingerprint density at radius 3 is 2.30 bits per heavy atom. The second-order valence-electron chi connectivity index (χ2n) is 6.22. The SMILES string of the molecule is Cn1cc(-c2nnc(-c3ccc(-c4ccccn4)s3)c3ccccc23)cn1. The fourth-order valence-corrected chi connectivity index (χ4v) is 4.14. The average Bonchev–Trinajstić information content (AvgIpc) is 3.37. The van der Waals surface area contributed by atoms with Gasteiger partial charge < -0.3 is 0 Å². The fraction of sp³-hybridized carbons (Fsp3) is 0.0476. The topological polar surface area (TPSA) is 56.5 Å². The Morgan fingerprint density at radius 1 is 0.815 bits per heavy atom. The van der Waals surface area contributed by atoms with Gasteiger partial charge in [0.05, 0.1) is 21.6 Å². The van der Waals surface area contributed by atoms with Gasteiger partial charge in [0.25, 0.3) is 0 Å². The number of rotatable bonds is 3. The quantitative estimate of drug-likeness (QED) is 0.457. The lowest BCUT2D eigenvalue weighted by Crippen LogP contribution is -1.93. The Bertz CT molecular complexity index is 1240. The van der Waals surface area contributed by atoms with Crippen molar-refractivity contribution < 1.29 is 0 Å². The molecule has 0 saturated heterocycles. The standard InChI is InChI=1S/C21H15N5S/c1-26-13-14(12-23-26)20-15-6-2-3-7-16(15)21(25-24-20)19-10-9-18(27-19)17-8-4-5-11-22-17/h2-13H,1H3. The highest BCUT2D eigenvalue weighted by Crippen LogP contribution is 2.37. The maximum absolute atomic E-state index is 4.57. The van der Waals surface area contributed by atoms with Crippen LogP contribution in [0.3, 0.4) is 0 Å². The van der Waals surface area contributed by atoms with Gasteiger partial charge in [0.2, 0.25) is 0 Å². The summed E-state index contributed by atoms with van der Waals surface area (Å²) in [6.07, 6.45) is 5.59. The van der Waals surface area contributed by atoms with Crippen molar-refractivity contribution in [3.63, 3.8) is 0 Å². The first-order chi connectivity index (χ1) is 13.3. The van der Waals surface area contributed by atoms with E-state index in [1.807, 2.05) is 56.0 Å². The number of hydrogen-bond donors (Lipinski definition) is 0. The number of pyridine rings is 1. The van der Waals surface area contributed by atoms with Crippen LogP contribution in [0.25, 0.3) is 43.2 Å². The molecule has 0 aliphatic rings. The van der Waals surface area contributed by atoms with E-state index in [-0.39, 0.29) is 0 Å². The molecule has 0 fully saturated rings. The number of thiophene rings is 1. The summed E-state index contributed by atoms with van der Waals surface area (Å²) in [7, 11) is 1.90. The summed E-state index contributed by atoms with van der Waals surface area (Å²) in [5.74, 6) is 0. The molecule has 5 aromatic rings. The molecule has 0 spiro atoms. The molecule has 4 aromatic heterocycles. The van der Waals surface area contributed by atoms with Crippen LogP contribution in [-0.4, -0.2) is 25.0 Å². The zero-order valence-electron chi connectivity index (χ0n) is 14.6. The monoisotopic (exact) mass is 369 g/mol. The Balaban J connectivity index is 1.66. The maximum atomic E-state index is 4.57. The predicted molar refractivity (Wildman–Crippen MR) is 108 cm³/mol. The Hall–Kier alpha value is -3.38. The van der Waals surface area contributed by atoms with Gasteiger partial charge >= 0.3 is 0 Å². The zero-order chi connectivity index (χ0) is 18.2. The van der Waals surface area contributed by atoms with E-state index in [9.17, 15) is 0 Å². The van der Waals surface area contributed by atoms with Gasteiger partial charge in [0, 0.05) is 35.8 Å². The van der Waals surface area contributed by atoms with Gasteiger partial charge in [-0.3, -0.25) is 9.67 Å². The molecule has 0 N–H and O–H groups in total. The average molecular weight is 369 g/mol. The van der Waals surface area contributed by atoms with E-state index in [1.54, 1.807) is 16.0 Å². The second-order valence-corrected chi connectivity index (χ2v) is 7.31. The first kappa shape index (κ1) is 15.8. The number of benzene rings is 1. The first-order valence-electron chi connectivity index (χ1n) is 8.55. The number of hydrogen-bond acceptors (Lipinski definition) is 5. The molecular formula is C21H15N5S. The molecule has 27 heavy (non-hydrogen) atoms. The number of aromatic nitrogens is 5. The molecule has 0 aliphatic carbocycles. The fourth-order valence-electron chi connectivity index (χ4n) is 3.15. The first-order valence-corrected chi connectivity index (χ1v) is 9.37. The van der Waals surface area contributed by atoms with Gasteiger partial charge in [-0.1, -0.05) is 30.3 Å². The minimum atomic E-state index is 0.851. The van der Waals surface area contributed by atoms with Crippen LogP contribution in [0.2, 0.25) is 0 Å². The van der Waals surface area contributed by atoms with Crippen molar-refractivity contribution in [2.24, 2.45) is 7.05 Å². The van der Waals surface area contributed by atoms with Crippen LogP contribution in [0, 0.1) is 0 Å². The van der Waals surface area contributed by atoms with Crippen molar-refractivity contribution in [1.29, 1.82) is 0 Å². The third-order valence-electron chi connectivity index (χ3n) is 4.42. The molecule has 0 saturated carbocycles. The summed E-state index contributed by atoms with van der Waals surface area (Å²) >= 11 is 1.68. The molecule has 1 aromatic carbocycles. The molecule has 0 bridgehead atoms. The van der Waals surface area contributed by atoms with Gasteiger partial charge in [0.1, 0.15) is 11.4 Å². The summed E-state index contributed by atoms with van der Waals surface area (Å²) < 4.78 is 1.78. The molecule has 0 atom stereocenters. The molecule has 130 valence electrons.